The molecule has 1 saturated carbocycles. The van der Waals surface area contributed by atoms with Gasteiger partial charge in [-0.3, -0.25) is 4.79 Å². The molecule has 0 aliphatic heterocycles. The Labute approximate surface area is 81.4 Å². The van der Waals surface area contributed by atoms with Gasteiger partial charge in [-0.05, 0) is 12.8 Å². The van der Waals surface area contributed by atoms with Crippen molar-refractivity contribution in [2.45, 2.75) is 24.7 Å². The number of nitrogens with zero attached hydrogens (tertiary/aromatic N) is 1. The Morgan fingerprint density at radius 3 is 3.00 bits per heavy atom. The fourth-order valence-corrected chi connectivity index (χ4v) is 1.45. The van der Waals surface area contributed by atoms with Crippen LogP contribution < -0.4 is 5.73 Å². The standard InChI is InChI=1S/C10H10N2O2/c1-2-7(10(11)13)8-5-12-14-9(8)6-3-4-6/h1,5-7H,3-4H2,(H2,11,13). The van der Waals surface area contributed by atoms with E-state index in [4.69, 9.17) is 16.7 Å². The zero-order valence-electron chi connectivity index (χ0n) is 7.56. The number of carbonyl (C=O) groups excluding carboxylic acids is 1. The van der Waals surface area contributed by atoms with E-state index in [-0.39, 0.29) is 0 Å². The summed E-state index contributed by atoms with van der Waals surface area (Å²) in [5.41, 5.74) is 5.83. The fourth-order valence-electron chi connectivity index (χ4n) is 1.45. The van der Waals surface area contributed by atoms with Crippen molar-refractivity contribution in [1.82, 2.24) is 5.16 Å². The second kappa shape index (κ2) is 3.18. The van der Waals surface area contributed by atoms with Crippen LogP contribution in [0.5, 0.6) is 0 Å². The van der Waals surface area contributed by atoms with Crippen LogP contribution in [0.3, 0.4) is 0 Å². The average molecular weight is 190 g/mol. The number of terminal acetylenes is 1. The van der Waals surface area contributed by atoms with E-state index in [1.165, 1.54) is 6.20 Å². The molecule has 1 aliphatic carbocycles. The van der Waals surface area contributed by atoms with Crippen molar-refractivity contribution in [2.24, 2.45) is 5.73 Å². The summed E-state index contributed by atoms with van der Waals surface area (Å²) in [6.07, 6.45) is 8.86. The molecule has 14 heavy (non-hydrogen) atoms. The molecule has 2 N–H and O–H groups in total. The van der Waals surface area contributed by atoms with Gasteiger partial charge in [0, 0.05) is 11.5 Å². The summed E-state index contributed by atoms with van der Waals surface area (Å²) in [4.78, 5) is 11.0. The molecule has 72 valence electrons. The largest absolute Gasteiger partial charge is 0.368 e. The smallest absolute Gasteiger partial charge is 0.237 e. The normalized spacial score (nSPS) is 17.4. The van der Waals surface area contributed by atoms with Crippen molar-refractivity contribution in [1.29, 1.82) is 0 Å². The van der Waals surface area contributed by atoms with E-state index in [9.17, 15) is 4.79 Å². The molecule has 2 rings (SSSR count). The van der Waals surface area contributed by atoms with Crippen LogP contribution in [-0.2, 0) is 4.79 Å². The molecule has 1 heterocycles. The van der Waals surface area contributed by atoms with E-state index < -0.39 is 11.8 Å². The van der Waals surface area contributed by atoms with Crippen molar-refractivity contribution in [3.8, 4) is 12.3 Å². The fraction of sp³-hybridized carbons (Fsp3) is 0.400. The van der Waals surface area contributed by atoms with E-state index in [1.54, 1.807) is 0 Å². The number of hydrogen-bond acceptors (Lipinski definition) is 3. The predicted molar refractivity (Wildman–Crippen MR) is 49.2 cm³/mol. The van der Waals surface area contributed by atoms with Gasteiger partial charge in [0.1, 0.15) is 11.7 Å². The molecule has 0 saturated heterocycles. The van der Waals surface area contributed by atoms with E-state index >= 15 is 0 Å². The number of rotatable bonds is 3. The summed E-state index contributed by atoms with van der Waals surface area (Å²) in [6.45, 7) is 0. The van der Waals surface area contributed by atoms with E-state index in [0.29, 0.717) is 11.5 Å². The highest BCUT2D eigenvalue weighted by molar-refractivity contribution is 5.85. The highest BCUT2D eigenvalue weighted by atomic mass is 16.5. The lowest BCUT2D eigenvalue weighted by Gasteiger charge is -2.04. The summed E-state index contributed by atoms with van der Waals surface area (Å²) < 4.78 is 5.07. The minimum Gasteiger partial charge on any atom is -0.368 e. The minimum atomic E-state index is -0.711. The van der Waals surface area contributed by atoms with Crippen LogP contribution in [-0.4, -0.2) is 11.1 Å². The van der Waals surface area contributed by atoms with Crippen LogP contribution in [0.4, 0.5) is 0 Å². The first-order chi connectivity index (χ1) is 6.74. The third-order valence-electron chi connectivity index (χ3n) is 2.34. The number of nitrogens with two attached hydrogens (primary N) is 1. The zero-order valence-corrected chi connectivity index (χ0v) is 7.56. The Balaban J connectivity index is 2.34. The topological polar surface area (TPSA) is 69.1 Å². The van der Waals surface area contributed by atoms with Gasteiger partial charge in [0.25, 0.3) is 0 Å². The molecule has 4 heteroatoms. The summed E-state index contributed by atoms with van der Waals surface area (Å²) in [5, 5.41) is 3.66. The average Bonchev–Trinajstić information content (AvgIpc) is 2.88. The molecule has 0 bridgehead atoms. The number of aromatic nitrogens is 1. The van der Waals surface area contributed by atoms with Gasteiger partial charge in [0.2, 0.25) is 5.91 Å². The Morgan fingerprint density at radius 1 is 1.79 bits per heavy atom. The Hall–Kier alpha value is -1.76. The van der Waals surface area contributed by atoms with Crippen molar-refractivity contribution in [3.05, 3.63) is 17.5 Å². The summed E-state index contributed by atoms with van der Waals surface area (Å²) in [5.74, 6) is 2.22. The number of primary amides is 1. The lowest BCUT2D eigenvalue weighted by Crippen LogP contribution is -2.20. The molecule has 1 aliphatic rings. The van der Waals surface area contributed by atoms with Crippen LogP contribution >= 0.6 is 0 Å². The van der Waals surface area contributed by atoms with Gasteiger partial charge in [-0.1, -0.05) is 11.1 Å². The molecular weight excluding hydrogens is 180 g/mol. The Morgan fingerprint density at radius 2 is 2.50 bits per heavy atom. The van der Waals surface area contributed by atoms with Gasteiger partial charge >= 0.3 is 0 Å². The first-order valence-electron chi connectivity index (χ1n) is 4.44. The molecule has 4 nitrogen and oxygen atoms in total. The van der Waals surface area contributed by atoms with Crippen LogP contribution in [0.15, 0.2) is 10.7 Å². The first-order valence-corrected chi connectivity index (χ1v) is 4.44. The second-order valence-electron chi connectivity index (χ2n) is 3.42. The van der Waals surface area contributed by atoms with Crippen molar-refractivity contribution >= 4 is 5.91 Å². The minimum absolute atomic E-state index is 0.377. The third kappa shape index (κ3) is 1.37. The lowest BCUT2D eigenvalue weighted by molar-refractivity contribution is -0.118. The summed E-state index contributed by atoms with van der Waals surface area (Å²) in [6, 6.07) is 0. The molecule has 0 spiro atoms. The van der Waals surface area contributed by atoms with Gasteiger partial charge in [-0.2, -0.15) is 0 Å². The monoisotopic (exact) mass is 190 g/mol. The van der Waals surface area contributed by atoms with Gasteiger partial charge < -0.3 is 10.3 Å². The van der Waals surface area contributed by atoms with Crippen molar-refractivity contribution in [3.63, 3.8) is 0 Å². The van der Waals surface area contributed by atoms with Crippen LogP contribution in [0.25, 0.3) is 0 Å². The van der Waals surface area contributed by atoms with Crippen LogP contribution in [0.2, 0.25) is 0 Å². The van der Waals surface area contributed by atoms with Crippen molar-refractivity contribution in [2.75, 3.05) is 0 Å². The number of carbonyl (C=O) groups is 1. The number of hydrogen-bond donors (Lipinski definition) is 1. The van der Waals surface area contributed by atoms with E-state index in [1.807, 2.05) is 0 Å². The first kappa shape index (κ1) is 8.82. The van der Waals surface area contributed by atoms with E-state index in [2.05, 4.69) is 11.1 Å². The van der Waals surface area contributed by atoms with Crippen LogP contribution in [0.1, 0.15) is 36.0 Å². The van der Waals surface area contributed by atoms with Gasteiger partial charge in [0.15, 0.2) is 0 Å². The highest BCUT2D eigenvalue weighted by Crippen LogP contribution is 2.43. The summed E-state index contributed by atoms with van der Waals surface area (Å²) in [7, 11) is 0. The van der Waals surface area contributed by atoms with Gasteiger partial charge in [0.05, 0.1) is 6.20 Å². The quantitative estimate of drug-likeness (QED) is 0.715. The third-order valence-corrected chi connectivity index (χ3v) is 2.34. The predicted octanol–water partition coefficient (Wildman–Crippen LogP) is 0.754. The molecule has 0 radical (unpaired) electrons. The van der Waals surface area contributed by atoms with Crippen LogP contribution in [0, 0.1) is 12.3 Å². The molecule has 1 aromatic heterocycles. The molecule has 1 atom stereocenters. The van der Waals surface area contributed by atoms with Gasteiger partial charge in [-0.15, -0.1) is 6.42 Å². The maximum absolute atomic E-state index is 11.0. The maximum Gasteiger partial charge on any atom is 0.237 e. The molecule has 1 unspecified atom stereocenters. The Bertz CT molecular complexity index is 398. The molecule has 0 aromatic carbocycles. The molecule has 1 amide bonds. The summed E-state index contributed by atoms with van der Waals surface area (Å²) >= 11 is 0. The number of amides is 1. The lowest BCUT2D eigenvalue weighted by atomic mass is 9.99. The Kier molecular flexibility index (Phi) is 2.01. The molecular formula is C10H10N2O2. The van der Waals surface area contributed by atoms with Gasteiger partial charge in [-0.25, -0.2) is 0 Å². The van der Waals surface area contributed by atoms with Crippen molar-refractivity contribution < 1.29 is 9.32 Å². The molecule has 1 aromatic rings. The second-order valence-corrected chi connectivity index (χ2v) is 3.42. The highest BCUT2D eigenvalue weighted by Gasteiger charge is 2.33. The zero-order chi connectivity index (χ0) is 10.1. The SMILES string of the molecule is C#CC(C(N)=O)c1cnoc1C1CC1. The molecule has 1 fully saturated rings. The van der Waals surface area contributed by atoms with E-state index in [0.717, 1.165) is 18.6 Å². The maximum atomic E-state index is 11.0.